The Morgan fingerprint density at radius 2 is 2.16 bits per heavy atom. The first-order valence-electron chi connectivity index (χ1n) is 7.67. The highest BCUT2D eigenvalue weighted by Gasteiger charge is 2.51. The van der Waals surface area contributed by atoms with Crippen molar-refractivity contribution < 1.29 is 0 Å². The first-order valence-corrected chi connectivity index (χ1v) is 8.65. The van der Waals surface area contributed by atoms with Gasteiger partial charge < -0.3 is 5.32 Å². The van der Waals surface area contributed by atoms with Crippen LogP contribution in [0.5, 0.6) is 0 Å². The van der Waals surface area contributed by atoms with Gasteiger partial charge in [0.2, 0.25) is 0 Å². The molecule has 1 saturated carbocycles. The minimum Gasteiger partial charge on any atom is -0.313 e. The molecule has 2 aliphatic rings. The molecule has 2 fully saturated rings. The van der Waals surface area contributed by atoms with E-state index in [2.05, 4.69) is 61.3 Å². The van der Waals surface area contributed by atoms with Crippen LogP contribution in [0.1, 0.15) is 44.6 Å². The Labute approximate surface area is 121 Å². The molecule has 19 heavy (non-hydrogen) atoms. The van der Waals surface area contributed by atoms with E-state index in [4.69, 9.17) is 0 Å². The van der Waals surface area contributed by atoms with E-state index in [0.29, 0.717) is 10.8 Å². The topological polar surface area (TPSA) is 12.0 Å². The molecular weight excluding hydrogens is 250 g/mol. The van der Waals surface area contributed by atoms with Crippen LogP contribution in [0, 0.1) is 5.92 Å². The maximum atomic E-state index is 3.81. The van der Waals surface area contributed by atoms with Gasteiger partial charge >= 0.3 is 0 Å². The number of thioether (sulfide) groups is 1. The fraction of sp³-hybridized carbons (Fsp3) is 0.647. The Bertz CT molecular complexity index is 411. The number of benzene rings is 1. The quantitative estimate of drug-likeness (QED) is 0.870. The Balaban J connectivity index is 1.73. The van der Waals surface area contributed by atoms with Crippen molar-refractivity contribution in [2.45, 2.75) is 49.8 Å². The highest BCUT2D eigenvalue weighted by atomic mass is 32.2. The molecule has 1 nitrogen and oxygen atoms in total. The van der Waals surface area contributed by atoms with Crippen LogP contribution in [0.15, 0.2) is 30.3 Å². The van der Waals surface area contributed by atoms with Crippen molar-refractivity contribution in [2.75, 3.05) is 12.3 Å². The largest absolute Gasteiger partial charge is 0.313 e. The van der Waals surface area contributed by atoms with Gasteiger partial charge in [0.25, 0.3) is 0 Å². The van der Waals surface area contributed by atoms with E-state index in [0.717, 1.165) is 18.4 Å². The van der Waals surface area contributed by atoms with Gasteiger partial charge in [0.05, 0.1) is 0 Å². The molecule has 4 atom stereocenters. The van der Waals surface area contributed by atoms with E-state index in [1.165, 1.54) is 25.0 Å². The van der Waals surface area contributed by atoms with Crippen molar-refractivity contribution in [1.29, 1.82) is 0 Å². The van der Waals surface area contributed by atoms with Crippen molar-refractivity contribution in [3.05, 3.63) is 35.9 Å². The van der Waals surface area contributed by atoms with Crippen molar-refractivity contribution in [3.8, 4) is 0 Å². The van der Waals surface area contributed by atoms with Crippen LogP contribution < -0.4 is 5.32 Å². The highest BCUT2D eigenvalue weighted by molar-refractivity contribution is 8.00. The van der Waals surface area contributed by atoms with Crippen LogP contribution >= 0.6 is 11.8 Å². The van der Waals surface area contributed by atoms with Gasteiger partial charge in [-0.3, -0.25) is 0 Å². The smallest absolute Gasteiger partial charge is 0.0288 e. The molecule has 1 N–H and O–H groups in total. The van der Waals surface area contributed by atoms with Gasteiger partial charge in [-0.15, -0.1) is 0 Å². The molecule has 0 spiro atoms. The highest BCUT2D eigenvalue weighted by Crippen LogP contribution is 2.55. The predicted octanol–water partition coefficient (Wildman–Crippen LogP) is 4.05. The third-order valence-corrected chi connectivity index (χ3v) is 6.44. The lowest BCUT2D eigenvalue weighted by Gasteiger charge is -2.34. The summed E-state index contributed by atoms with van der Waals surface area (Å²) in [6, 6.07) is 11.8. The molecule has 2 heteroatoms. The molecule has 1 heterocycles. The summed E-state index contributed by atoms with van der Waals surface area (Å²) in [6.07, 6.45) is 4.15. The first-order chi connectivity index (χ1) is 9.24. The third kappa shape index (κ3) is 2.71. The summed E-state index contributed by atoms with van der Waals surface area (Å²) in [6.45, 7) is 5.83. The molecule has 1 aliphatic carbocycles. The van der Waals surface area contributed by atoms with E-state index in [-0.39, 0.29) is 0 Å². The number of hydrogen-bond donors (Lipinski definition) is 1. The van der Waals surface area contributed by atoms with Gasteiger partial charge in [-0.25, -0.2) is 0 Å². The number of rotatable bonds is 5. The van der Waals surface area contributed by atoms with E-state index < -0.39 is 0 Å². The molecule has 104 valence electrons. The summed E-state index contributed by atoms with van der Waals surface area (Å²) < 4.78 is 0.463. The fourth-order valence-corrected chi connectivity index (χ4v) is 5.23. The molecule has 1 aliphatic heterocycles. The van der Waals surface area contributed by atoms with Crippen molar-refractivity contribution in [1.82, 2.24) is 5.32 Å². The summed E-state index contributed by atoms with van der Waals surface area (Å²) >= 11 is 2.20. The minimum atomic E-state index is 0.463. The fourth-order valence-electron chi connectivity index (χ4n) is 3.75. The lowest BCUT2D eigenvalue weighted by Crippen LogP contribution is -2.47. The molecule has 3 rings (SSSR count). The van der Waals surface area contributed by atoms with Crippen LogP contribution in [0.2, 0.25) is 0 Å². The zero-order chi connectivity index (χ0) is 13.3. The molecule has 4 unspecified atom stereocenters. The zero-order valence-electron chi connectivity index (χ0n) is 12.1. The van der Waals surface area contributed by atoms with E-state index >= 15 is 0 Å². The second kappa shape index (κ2) is 5.49. The lowest BCUT2D eigenvalue weighted by atomic mass is 9.90. The average molecular weight is 275 g/mol. The minimum absolute atomic E-state index is 0.463. The molecule has 1 aromatic carbocycles. The molecule has 1 saturated heterocycles. The SMILES string of the molecule is CCNC(C1CC1c1ccccc1)C1(C)CCCS1. The van der Waals surface area contributed by atoms with Gasteiger partial charge in [0.15, 0.2) is 0 Å². The maximum absolute atomic E-state index is 3.81. The van der Waals surface area contributed by atoms with Crippen molar-refractivity contribution in [3.63, 3.8) is 0 Å². The molecule has 0 radical (unpaired) electrons. The first kappa shape index (κ1) is 13.5. The molecular formula is C17H25NS. The van der Waals surface area contributed by atoms with Gasteiger partial charge in [-0.1, -0.05) is 37.3 Å². The molecule has 0 amide bonds. The van der Waals surface area contributed by atoms with E-state index in [1.807, 2.05) is 0 Å². The van der Waals surface area contributed by atoms with Crippen molar-refractivity contribution >= 4 is 11.8 Å². The average Bonchev–Trinajstić information content (AvgIpc) is 3.11. The Hall–Kier alpha value is -0.470. The second-order valence-corrected chi connectivity index (χ2v) is 7.85. The van der Waals surface area contributed by atoms with Gasteiger partial charge in [-0.2, -0.15) is 11.8 Å². The Morgan fingerprint density at radius 3 is 2.79 bits per heavy atom. The van der Waals surface area contributed by atoms with Crippen LogP contribution in [-0.4, -0.2) is 23.1 Å². The van der Waals surface area contributed by atoms with Gasteiger partial charge in [-0.05, 0) is 55.9 Å². The second-order valence-electron chi connectivity index (χ2n) is 6.22. The summed E-state index contributed by atoms with van der Waals surface area (Å²) in [5.41, 5.74) is 1.54. The van der Waals surface area contributed by atoms with Crippen LogP contribution in [0.25, 0.3) is 0 Å². The number of nitrogens with one attached hydrogen (secondary N) is 1. The van der Waals surface area contributed by atoms with Gasteiger partial charge in [0.1, 0.15) is 0 Å². The van der Waals surface area contributed by atoms with Crippen LogP contribution in [0.3, 0.4) is 0 Å². The molecule has 0 aromatic heterocycles. The summed E-state index contributed by atoms with van der Waals surface area (Å²) in [5.74, 6) is 2.99. The van der Waals surface area contributed by atoms with E-state index in [9.17, 15) is 0 Å². The predicted molar refractivity (Wildman–Crippen MR) is 84.9 cm³/mol. The summed E-state index contributed by atoms with van der Waals surface area (Å²) in [7, 11) is 0. The summed E-state index contributed by atoms with van der Waals surface area (Å²) in [5, 5.41) is 3.81. The van der Waals surface area contributed by atoms with Gasteiger partial charge in [0, 0.05) is 10.8 Å². The van der Waals surface area contributed by atoms with Crippen LogP contribution in [-0.2, 0) is 0 Å². The van der Waals surface area contributed by atoms with E-state index in [1.54, 1.807) is 5.56 Å². The van der Waals surface area contributed by atoms with Crippen LogP contribution in [0.4, 0.5) is 0 Å². The Morgan fingerprint density at radius 1 is 1.37 bits per heavy atom. The zero-order valence-corrected chi connectivity index (χ0v) is 12.9. The summed E-state index contributed by atoms with van der Waals surface area (Å²) in [4.78, 5) is 0. The monoisotopic (exact) mass is 275 g/mol. The van der Waals surface area contributed by atoms with Crippen molar-refractivity contribution in [2.24, 2.45) is 5.92 Å². The third-order valence-electron chi connectivity index (χ3n) is 4.83. The molecule has 0 bridgehead atoms. The maximum Gasteiger partial charge on any atom is 0.0288 e. The standard InChI is InChI=1S/C17H25NS/c1-3-18-16(17(2)10-7-11-19-17)15-12-14(15)13-8-5-4-6-9-13/h4-6,8-9,14-16,18H,3,7,10-12H2,1-2H3. The number of hydrogen-bond acceptors (Lipinski definition) is 2. The normalized spacial score (nSPS) is 35.3. The Kier molecular flexibility index (Phi) is 3.91. The molecule has 1 aromatic rings. The lowest BCUT2D eigenvalue weighted by molar-refractivity contribution is 0.367.